The molecule has 160 valence electrons. The molecule has 0 bridgehead atoms. The number of carbonyl (C=O) groups excluding carboxylic acids is 1. The Bertz CT molecular complexity index is 897. The molecule has 7 atom stereocenters. The molecule has 3 aliphatic rings. The molecule has 1 aromatic carbocycles. The number of Topliss-reactive ketones (excluding diaryl/α,β-unsaturated/α-hetero) is 1. The maximum atomic E-state index is 13.4. The number of aliphatic hydroxyl groups excluding tert-OH is 2. The number of hydrogen-bond acceptors (Lipinski definition) is 5. The summed E-state index contributed by atoms with van der Waals surface area (Å²) in [6, 6.07) is 6.36. The number of aliphatic hydroxyl groups is 2. The maximum Gasteiger partial charge on any atom is 0.175 e. The van der Waals surface area contributed by atoms with Crippen molar-refractivity contribution in [3.8, 4) is 5.75 Å². The van der Waals surface area contributed by atoms with Gasteiger partial charge in [0.2, 0.25) is 0 Å². The van der Waals surface area contributed by atoms with Crippen molar-refractivity contribution < 1.29 is 24.9 Å². The number of benzene rings is 1. The molecule has 1 aromatic rings. The number of phenols is 1. The first-order valence-electron chi connectivity index (χ1n) is 10.7. The Kier molecular flexibility index (Phi) is 5.60. The van der Waals surface area contributed by atoms with Crippen LogP contribution in [0.4, 0.5) is 0 Å². The Morgan fingerprint density at radius 1 is 1.20 bits per heavy atom. The molecule has 0 saturated heterocycles. The summed E-state index contributed by atoms with van der Waals surface area (Å²) in [5.74, 6) is -1.12. The van der Waals surface area contributed by atoms with E-state index >= 15 is 0 Å². The zero-order valence-electron chi connectivity index (χ0n) is 17.5. The Morgan fingerprint density at radius 3 is 2.57 bits per heavy atom. The highest BCUT2D eigenvalue weighted by Crippen LogP contribution is 2.47. The molecule has 30 heavy (non-hydrogen) atoms. The summed E-state index contributed by atoms with van der Waals surface area (Å²) >= 11 is 0. The van der Waals surface area contributed by atoms with E-state index in [0.717, 1.165) is 18.4 Å². The average molecular weight is 411 g/mol. The molecule has 0 spiro atoms. The van der Waals surface area contributed by atoms with Gasteiger partial charge in [-0.15, -0.1) is 0 Å². The maximum absolute atomic E-state index is 13.4. The Morgan fingerprint density at radius 2 is 1.90 bits per heavy atom. The third-order valence-corrected chi connectivity index (χ3v) is 7.06. The highest BCUT2D eigenvalue weighted by atomic mass is 16.5. The number of phenolic OH excluding ortho intramolecular Hbond substituents is 1. The molecule has 0 amide bonds. The smallest absolute Gasteiger partial charge is 0.175 e. The van der Waals surface area contributed by atoms with Crippen molar-refractivity contribution in [3.63, 3.8) is 0 Å². The summed E-state index contributed by atoms with van der Waals surface area (Å²) in [6.45, 7) is 8.21. The lowest BCUT2D eigenvalue weighted by molar-refractivity contribution is -0.154. The van der Waals surface area contributed by atoms with Gasteiger partial charge in [-0.3, -0.25) is 4.79 Å². The Labute approximate surface area is 177 Å². The third kappa shape index (κ3) is 3.61. The van der Waals surface area contributed by atoms with E-state index in [9.17, 15) is 20.1 Å². The van der Waals surface area contributed by atoms with Gasteiger partial charge in [0.05, 0.1) is 30.0 Å². The Balaban J connectivity index is 1.66. The van der Waals surface area contributed by atoms with E-state index in [1.807, 2.05) is 6.92 Å². The zero-order valence-corrected chi connectivity index (χ0v) is 17.5. The normalized spacial score (nSPS) is 36.3. The fourth-order valence-corrected chi connectivity index (χ4v) is 5.48. The molecule has 5 unspecified atom stereocenters. The van der Waals surface area contributed by atoms with E-state index in [4.69, 9.17) is 4.74 Å². The van der Waals surface area contributed by atoms with Crippen molar-refractivity contribution in [2.75, 3.05) is 0 Å². The van der Waals surface area contributed by atoms with E-state index in [1.165, 1.54) is 24.0 Å². The molecule has 4 rings (SSSR count). The number of ether oxygens (including phenoxy) is 1. The lowest BCUT2D eigenvalue weighted by Crippen LogP contribution is -2.56. The minimum absolute atomic E-state index is 0.0574. The molecule has 0 aromatic heterocycles. The summed E-state index contributed by atoms with van der Waals surface area (Å²) in [4.78, 5) is 13.4. The molecule has 1 heterocycles. The van der Waals surface area contributed by atoms with Gasteiger partial charge >= 0.3 is 0 Å². The van der Waals surface area contributed by atoms with Crippen molar-refractivity contribution in [1.29, 1.82) is 0 Å². The second-order valence-electron chi connectivity index (χ2n) is 9.10. The van der Waals surface area contributed by atoms with Crippen molar-refractivity contribution in [2.45, 2.75) is 51.4 Å². The van der Waals surface area contributed by atoms with Crippen molar-refractivity contribution in [1.82, 2.24) is 0 Å². The molecule has 1 saturated carbocycles. The number of ketones is 1. The summed E-state index contributed by atoms with van der Waals surface area (Å²) in [5, 5.41) is 31.9. The van der Waals surface area contributed by atoms with Crippen LogP contribution in [-0.4, -0.2) is 39.4 Å². The van der Waals surface area contributed by atoms with Crippen LogP contribution in [0.3, 0.4) is 0 Å². The fourth-order valence-electron chi connectivity index (χ4n) is 5.48. The van der Waals surface area contributed by atoms with Crippen LogP contribution in [0.5, 0.6) is 5.75 Å². The van der Waals surface area contributed by atoms with Gasteiger partial charge in [0, 0.05) is 12.3 Å². The van der Waals surface area contributed by atoms with Crippen LogP contribution in [0, 0.1) is 23.7 Å². The molecule has 5 heteroatoms. The molecule has 0 radical (unpaired) electrons. The quantitative estimate of drug-likeness (QED) is 0.663. The first-order chi connectivity index (χ1) is 14.3. The van der Waals surface area contributed by atoms with Crippen LogP contribution < -0.4 is 0 Å². The first-order valence-corrected chi connectivity index (χ1v) is 10.7. The van der Waals surface area contributed by atoms with Crippen molar-refractivity contribution in [2.24, 2.45) is 23.7 Å². The Hall–Kier alpha value is -2.37. The second-order valence-corrected chi connectivity index (χ2v) is 9.10. The number of hydrogen-bond donors (Lipinski definition) is 3. The van der Waals surface area contributed by atoms with Crippen molar-refractivity contribution in [3.05, 3.63) is 59.9 Å². The molecule has 3 N–H and O–H groups in total. The average Bonchev–Trinajstić information content (AvgIpc) is 2.68. The molecule has 1 fully saturated rings. The van der Waals surface area contributed by atoms with E-state index in [2.05, 4.69) is 19.6 Å². The third-order valence-electron chi connectivity index (χ3n) is 7.06. The minimum Gasteiger partial charge on any atom is -0.508 e. The molecule has 1 aliphatic heterocycles. The predicted molar refractivity (Wildman–Crippen MR) is 114 cm³/mol. The first kappa shape index (κ1) is 20.9. The summed E-state index contributed by atoms with van der Waals surface area (Å²) < 4.78 is 5.82. The largest absolute Gasteiger partial charge is 0.508 e. The van der Waals surface area contributed by atoms with Crippen LogP contribution in [0.15, 0.2) is 54.3 Å². The lowest BCUT2D eigenvalue weighted by Gasteiger charge is -2.48. The highest BCUT2D eigenvalue weighted by molar-refractivity contribution is 6.22. The van der Waals surface area contributed by atoms with Gasteiger partial charge in [-0.1, -0.05) is 35.9 Å². The van der Waals surface area contributed by atoms with Crippen LogP contribution in [-0.2, 0) is 9.53 Å². The number of rotatable bonds is 3. The molecule has 2 aliphatic carbocycles. The molecular formula is C25H30O5. The van der Waals surface area contributed by atoms with Crippen LogP contribution >= 0.6 is 0 Å². The topological polar surface area (TPSA) is 87.0 Å². The van der Waals surface area contributed by atoms with E-state index in [0.29, 0.717) is 17.6 Å². The van der Waals surface area contributed by atoms with Crippen LogP contribution in [0.2, 0.25) is 0 Å². The predicted octanol–water partition coefficient (Wildman–Crippen LogP) is 3.61. The fraction of sp³-hybridized carbons (Fsp3) is 0.480. The molecular weight excluding hydrogens is 380 g/mol. The monoisotopic (exact) mass is 410 g/mol. The number of aromatic hydroxyl groups is 1. The van der Waals surface area contributed by atoms with Crippen molar-refractivity contribution >= 4 is 11.4 Å². The minimum atomic E-state index is -1.01. The van der Waals surface area contributed by atoms with Gasteiger partial charge in [0.15, 0.2) is 5.78 Å². The number of carbonyl (C=O) groups is 1. The SMILES string of the molecule is C=C(C)[C@@H]1CCC(C)=C[C@H]1C1C(O)CC2OC=C(c3ccc(O)cc3)C(=O)C2C1O. The van der Waals surface area contributed by atoms with E-state index < -0.39 is 30.1 Å². The van der Waals surface area contributed by atoms with Gasteiger partial charge in [-0.25, -0.2) is 0 Å². The van der Waals surface area contributed by atoms with E-state index in [-0.39, 0.29) is 23.4 Å². The van der Waals surface area contributed by atoms with Gasteiger partial charge < -0.3 is 20.1 Å². The summed E-state index contributed by atoms with van der Waals surface area (Å²) in [6.07, 6.45) is 3.50. The van der Waals surface area contributed by atoms with Crippen LogP contribution in [0.25, 0.3) is 5.57 Å². The van der Waals surface area contributed by atoms with Gasteiger partial charge in [-0.05, 0) is 56.2 Å². The zero-order chi connectivity index (χ0) is 21.6. The van der Waals surface area contributed by atoms with Gasteiger partial charge in [0.25, 0.3) is 0 Å². The lowest BCUT2D eigenvalue weighted by atomic mass is 9.61. The van der Waals surface area contributed by atoms with Crippen LogP contribution in [0.1, 0.15) is 38.7 Å². The standard InChI is InChI=1S/C25H30O5/c1-13(2)17-9-4-14(3)10-18(17)22-20(27)11-21-23(25(22)29)24(28)19(12-30-21)15-5-7-16(26)8-6-15/h5-8,10,12,17-18,20-23,25-27,29H,1,4,9,11H2,2-3H3/t17-,18+,20?,21?,22?,23?,25?/m0/s1. The van der Waals surface area contributed by atoms with Gasteiger partial charge in [-0.2, -0.15) is 0 Å². The summed E-state index contributed by atoms with van der Waals surface area (Å²) in [7, 11) is 0. The summed E-state index contributed by atoms with van der Waals surface area (Å²) in [5.41, 5.74) is 3.31. The number of allylic oxidation sites excluding steroid dienone is 4. The van der Waals surface area contributed by atoms with E-state index in [1.54, 1.807) is 12.1 Å². The van der Waals surface area contributed by atoms with Gasteiger partial charge in [0.1, 0.15) is 11.9 Å². The number of fused-ring (bicyclic) bond motifs is 1. The highest BCUT2D eigenvalue weighted by Gasteiger charge is 2.53. The second kappa shape index (κ2) is 8.05. The molecule has 5 nitrogen and oxygen atoms in total.